The van der Waals surface area contributed by atoms with Crippen molar-refractivity contribution in [2.75, 3.05) is 0 Å². The Labute approximate surface area is 358 Å². The van der Waals surface area contributed by atoms with Crippen molar-refractivity contribution in [3.63, 3.8) is 0 Å². The van der Waals surface area contributed by atoms with Gasteiger partial charge in [-0.25, -0.2) is 4.98 Å². The Balaban J connectivity index is 0.000000208. The van der Waals surface area contributed by atoms with Gasteiger partial charge < -0.3 is 8.98 Å². The van der Waals surface area contributed by atoms with E-state index in [0.717, 1.165) is 83.7 Å². The van der Waals surface area contributed by atoms with Gasteiger partial charge in [0.15, 0.2) is 0 Å². The van der Waals surface area contributed by atoms with E-state index in [1.807, 2.05) is 43.3 Å². The second kappa shape index (κ2) is 16.6. The van der Waals surface area contributed by atoms with E-state index in [2.05, 4.69) is 165 Å². The number of aryl methyl sites for hydroxylation is 3. The normalized spacial score (nSPS) is 11.7. The number of aromatic nitrogens is 4. The average Bonchev–Trinajstić information content (AvgIpc) is 3.77. The molecule has 0 saturated heterocycles. The molecule has 4 aromatic heterocycles. The van der Waals surface area contributed by atoms with E-state index >= 15 is 0 Å². The van der Waals surface area contributed by atoms with Gasteiger partial charge in [-0.1, -0.05) is 78.5 Å². The summed E-state index contributed by atoms with van der Waals surface area (Å²) in [7, 11) is 0. The van der Waals surface area contributed by atoms with Crippen LogP contribution in [0.1, 0.15) is 37.6 Å². The van der Waals surface area contributed by atoms with Gasteiger partial charge in [0, 0.05) is 42.4 Å². The quantitative estimate of drug-likeness (QED) is 0.123. The monoisotopic (exact) mass is 999 g/mol. The van der Waals surface area contributed by atoms with E-state index in [0.29, 0.717) is 11.1 Å². The van der Waals surface area contributed by atoms with Crippen LogP contribution in [0.2, 0.25) is 16.8 Å². The number of hydrogen-bond acceptors (Lipinski definition) is 4. The fraction of sp³-hybridized carbons (Fsp3) is 0.196. The smallest absolute Gasteiger partial charge is 0.216 e. The number of fused-ring (bicyclic) bond motifs is 4. The molecule has 0 spiro atoms. The number of rotatable bonds is 6. The van der Waals surface area contributed by atoms with E-state index in [4.69, 9.17) is 14.4 Å². The first-order valence-corrected chi connectivity index (χ1v) is 26.4. The van der Waals surface area contributed by atoms with Crippen molar-refractivity contribution in [2.24, 2.45) is 5.41 Å². The maximum atomic E-state index is 6.46. The largest absolute Gasteiger partial charge is 0.486 e. The number of nitrogens with zero attached hydrogens (tertiary/aromatic N) is 4. The van der Waals surface area contributed by atoms with Gasteiger partial charge in [-0.05, 0) is 49.2 Å². The van der Waals surface area contributed by atoms with Crippen LogP contribution in [0.3, 0.4) is 0 Å². The SMILES string of the molecule is CC(C)(C)[CH2][Ge]([CH3])([CH3])[c]1ccc(-c2[c-]cccc2)nc1.Cc1cc2c(nc1C)oc1c(-c3nc4ccccc4n3-c3ccccc3-c3ccccc3)[c-]cc(C)c12.[Ir]. The van der Waals surface area contributed by atoms with Crippen molar-refractivity contribution in [1.29, 1.82) is 0 Å². The van der Waals surface area contributed by atoms with Gasteiger partial charge in [0.1, 0.15) is 0 Å². The topological polar surface area (TPSA) is 56.7 Å². The molecule has 0 fully saturated rings. The van der Waals surface area contributed by atoms with Gasteiger partial charge in [-0.2, -0.15) is 0 Å². The maximum Gasteiger partial charge on any atom is 0.216 e. The van der Waals surface area contributed by atoms with Gasteiger partial charge in [0.05, 0.1) is 22.4 Å². The summed E-state index contributed by atoms with van der Waals surface area (Å²) >= 11 is -1.96. The molecule has 0 bridgehead atoms. The predicted octanol–water partition coefficient (Wildman–Crippen LogP) is 12.9. The third-order valence-electron chi connectivity index (χ3n) is 10.7. The van der Waals surface area contributed by atoms with Crippen LogP contribution in [0.5, 0.6) is 0 Å². The molecule has 0 N–H and O–H groups in total. The van der Waals surface area contributed by atoms with E-state index in [-0.39, 0.29) is 20.1 Å². The minimum absolute atomic E-state index is 0. The predicted molar refractivity (Wildman–Crippen MR) is 240 cm³/mol. The first-order valence-electron chi connectivity index (χ1n) is 19.7. The van der Waals surface area contributed by atoms with Crippen molar-refractivity contribution < 1.29 is 24.5 Å². The molecule has 4 heterocycles. The number of para-hydroxylation sites is 3. The van der Waals surface area contributed by atoms with Crippen molar-refractivity contribution in [3.05, 3.63) is 163 Å². The average molecular weight is 998 g/mol. The molecule has 0 aliphatic carbocycles. The van der Waals surface area contributed by atoms with E-state index < -0.39 is 13.3 Å². The number of furan rings is 1. The van der Waals surface area contributed by atoms with Crippen LogP contribution in [0, 0.1) is 38.3 Å². The van der Waals surface area contributed by atoms with E-state index in [1.54, 1.807) is 0 Å². The molecule has 0 atom stereocenters. The zero-order valence-electron chi connectivity index (χ0n) is 34.4. The third-order valence-corrected chi connectivity index (χ3v) is 18.7. The van der Waals surface area contributed by atoms with Crippen LogP contribution in [0.15, 0.2) is 138 Å². The second-order valence-electron chi connectivity index (χ2n) is 16.9. The van der Waals surface area contributed by atoms with Crippen LogP contribution in [0.25, 0.3) is 72.6 Å². The molecule has 7 heteroatoms. The van der Waals surface area contributed by atoms with E-state index in [1.165, 1.54) is 9.65 Å². The van der Waals surface area contributed by atoms with Gasteiger partial charge in [0.25, 0.3) is 0 Å². The zero-order valence-corrected chi connectivity index (χ0v) is 38.9. The molecule has 58 heavy (non-hydrogen) atoms. The Morgan fingerprint density at radius 3 is 2.21 bits per heavy atom. The molecule has 9 rings (SSSR count). The molecule has 9 aromatic rings. The molecule has 5 nitrogen and oxygen atoms in total. The summed E-state index contributed by atoms with van der Waals surface area (Å²) in [6.45, 7) is 13.2. The third kappa shape index (κ3) is 8.24. The van der Waals surface area contributed by atoms with Gasteiger partial charge in [0.2, 0.25) is 5.71 Å². The number of benzene rings is 5. The van der Waals surface area contributed by atoms with Crippen LogP contribution >= 0.6 is 0 Å². The molecule has 1 radical (unpaired) electrons. The first kappa shape index (κ1) is 41.0. The summed E-state index contributed by atoms with van der Waals surface area (Å²) in [4.78, 5) is 14.5. The first-order chi connectivity index (χ1) is 27.4. The molecular weight excluding hydrogens is 949 g/mol. The molecule has 0 aliphatic heterocycles. The fourth-order valence-electron chi connectivity index (χ4n) is 8.16. The number of pyridine rings is 2. The van der Waals surface area contributed by atoms with Gasteiger partial charge in [-0.15, -0.1) is 17.7 Å². The van der Waals surface area contributed by atoms with Gasteiger partial charge >= 0.3 is 126 Å². The molecule has 293 valence electrons. The summed E-state index contributed by atoms with van der Waals surface area (Å²) in [5.41, 5.74) is 13.2. The molecular formula is C51H48GeIrN4O-2. The van der Waals surface area contributed by atoms with Crippen LogP contribution in [-0.4, -0.2) is 32.8 Å². The summed E-state index contributed by atoms with van der Waals surface area (Å²) in [6.07, 6.45) is 2.10. The van der Waals surface area contributed by atoms with E-state index in [9.17, 15) is 0 Å². The Morgan fingerprint density at radius 2 is 1.48 bits per heavy atom. The summed E-state index contributed by atoms with van der Waals surface area (Å²) in [6, 6.07) is 50.6. The second-order valence-corrected chi connectivity index (χ2v) is 26.7. The summed E-state index contributed by atoms with van der Waals surface area (Å²) in [5.74, 6) is 5.76. The van der Waals surface area contributed by atoms with Crippen molar-refractivity contribution in [1.82, 2.24) is 19.5 Å². The van der Waals surface area contributed by atoms with Crippen molar-refractivity contribution in [3.8, 4) is 39.5 Å². The molecule has 0 saturated carbocycles. The Hall–Kier alpha value is -5.14. The van der Waals surface area contributed by atoms with Crippen LogP contribution in [0.4, 0.5) is 0 Å². The summed E-state index contributed by atoms with van der Waals surface area (Å²) in [5, 5.41) is 3.42. The zero-order chi connectivity index (χ0) is 39.9. The molecule has 5 aromatic carbocycles. The minimum Gasteiger partial charge on any atom is -0.486 e. The molecule has 0 amide bonds. The maximum absolute atomic E-state index is 6.46. The Kier molecular flexibility index (Phi) is 11.8. The number of hydrogen-bond donors (Lipinski definition) is 0. The standard InChI is InChI=1S/C33H24N3O.C18H24GeN.Ir/c1-20-17-18-25(31-30(20)26-19-21(2)22(3)34-33(26)37-31)32-35-27-14-8-10-16-29(27)36(32)28-15-9-7-13-24(28)23-11-5-4-6-12-23;1-18(2,3)14-19(4,5)16-11-12-17(20-13-16)15-9-7-6-8-10-15;/h4-17,19H,1-3H3;6-9,11-13H,14H2,1-5H3;/q2*-1;. The van der Waals surface area contributed by atoms with Gasteiger partial charge in [-0.3, -0.25) is 4.98 Å². The van der Waals surface area contributed by atoms with Crippen LogP contribution < -0.4 is 4.40 Å². The number of imidazole rings is 1. The minimum atomic E-state index is -1.96. The fourth-order valence-corrected chi connectivity index (χ4v) is 16.1. The van der Waals surface area contributed by atoms with Crippen molar-refractivity contribution in [2.45, 2.75) is 58.3 Å². The van der Waals surface area contributed by atoms with Crippen molar-refractivity contribution >= 4 is 50.8 Å². The Morgan fingerprint density at radius 1 is 0.759 bits per heavy atom. The van der Waals surface area contributed by atoms with Crippen LogP contribution in [-0.2, 0) is 20.1 Å². The molecule has 0 aliphatic rings. The molecule has 0 unspecified atom stereocenters. The summed E-state index contributed by atoms with van der Waals surface area (Å²) < 4.78 is 10.2. The Bertz CT molecular complexity index is 2850.